The molecule has 0 radical (unpaired) electrons. The summed E-state index contributed by atoms with van der Waals surface area (Å²) in [7, 11) is 6.73. The molecule has 0 saturated carbocycles. The fourth-order valence-corrected chi connectivity index (χ4v) is 14.7. The highest BCUT2D eigenvalue weighted by atomic mass is 79.9. The van der Waals surface area contributed by atoms with Gasteiger partial charge in [-0.15, -0.1) is 0 Å². The number of nitrogens with two attached hydrogens (primary N) is 3. The van der Waals surface area contributed by atoms with Gasteiger partial charge in [-0.1, -0.05) is 64.1 Å². The van der Waals surface area contributed by atoms with Gasteiger partial charge in [0.2, 0.25) is 37.9 Å². The van der Waals surface area contributed by atoms with Crippen LogP contribution in [0, 0.1) is 4.77 Å². The number of amides is 1. The van der Waals surface area contributed by atoms with Crippen LogP contribution in [-0.2, 0) is 90.9 Å². The monoisotopic (exact) mass is 1790 g/mol. The number of hydrazine groups is 2. The first-order valence-corrected chi connectivity index (χ1v) is 41.9. The molecule has 1 amide bonds. The summed E-state index contributed by atoms with van der Waals surface area (Å²) in [6.45, 7) is 4.76. The molecule has 8 aliphatic rings. The molecule has 8 aromatic rings. The van der Waals surface area contributed by atoms with Gasteiger partial charge in [-0.05, 0) is 182 Å². The number of nitrogens with zero attached hydrogens (tertiary/aromatic N) is 9. The van der Waals surface area contributed by atoms with Gasteiger partial charge >= 0.3 is 29.8 Å². The molecule has 4 aromatic heterocycles. The van der Waals surface area contributed by atoms with Crippen LogP contribution in [0.1, 0.15) is 144 Å². The Bertz CT molecular complexity index is 4950. The fraction of sp³-hybridized carbons (Fsp3) is 0.425. The number of esters is 2. The quantitative estimate of drug-likeness (QED) is 0.00574. The number of aliphatic carboxylic acids is 3. The van der Waals surface area contributed by atoms with Crippen LogP contribution in [0.25, 0.3) is 0 Å². The summed E-state index contributed by atoms with van der Waals surface area (Å²) in [4.78, 5) is 86.4. The lowest BCUT2D eigenvalue weighted by atomic mass is 9.91. The maximum atomic E-state index is 12.0. The molecule has 2 saturated heterocycles. The zero-order valence-electron chi connectivity index (χ0n) is 66.6. The molecular formula is C80H97BrN16O19S4. The molecule has 8 aliphatic heterocycles. The second-order valence-electron chi connectivity index (χ2n) is 28.3. The molecule has 3 atom stereocenters. The van der Waals surface area contributed by atoms with Crippen molar-refractivity contribution in [2.45, 2.75) is 132 Å². The normalized spacial score (nSPS) is 15.1. The van der Waals surface area contributed by atoms with Crippen molar-refractivity contribution < 1.29 is 91.5 Å². The molecule has 0 bridgehead atoms. The van der Waals surface area contributed by atoms with Gasteiger partial charge in [0.1, 0.15) is 17.5 Å². The number of rotatable bonds is 22. The average Bonchev–Trinajstić information content (AvgIpc) is 1.69. The minimum Gasteiger partial charge on any atom is -0.481 e. The number of hydrogen-bond acceptors (Lipinski definition) is 28. The van der Waals surface area contributed by atoms with Crippen molar-refractivity contribution in [1.82, 2.24) is 54.9 Å². The SMILES string of the molecule is BrCCc1ccc2c(n1)NCCC2.C1CCOC1.CN(N)C(N)=S.CN(NC(=O)CC(CC(=O)O)c1ccc2c(c1)OCO2)C(N)=S.Cn1[nH]c(CC(CC(=O)O)c2ccc3c(c2)OCO3)nc1=S.Cn1nc(CC(CC(=O)O)c2ccc3c(c2)OCO3)nc1SCCc1ccc2c(n1)NCCC2.O=C1CC(c2ccc3c(c2)OCO3)CC(=O)O1. The highest BCUT2D eigenvalue weighted by Gasteiger charge is 2.31. The fourth-order valence-electron chi connectivity index (χ4n) is 13.2. The zero-order chi connectivity index (χ0) is 85.8. The zero-order valence-corrected chi connectivity index (χ0v) is 71.4. The van der Waals surface area contributed by atoms with E-state index in [1.54, 1.807) is 65.6 Å². The van der Waals surface area contributed by atoms with Crippen molar-refractivity contribution in [3.05, 3.63) is 158 Å². The summed E-state index contributed by atoms with van der Waals surface area (Å²) in [6.07, 6.45) is 10.1. The Hall–Kier alpha value is -11.2. The first-order chi connectivity index (χ1) is 57.7. The Morgan fingerprint density at radius 3 is 1.51 bits per heavy atom. The number of aryl methyl sites for hydroxylation is 6. The number of benzene rings is 4. The van der Waals surface area contributed by atoms with E-state index in [1.807, 2.05) is 49.5 Å². The molecule has 0 spiro atoms. The average molecular weight is 1790 g/mol. The van der Waals surface area contributed by atoms with E-state index in [-0.39, 0.29) is 99.6 Å². The van der Waals surface area contributed by atoms with Gasteiger partial charge in [-0.2, -0.15) is 5.10 Å². The van der Waals surface area contributed by atoms with Crippen molar-refractivity contribution >= 4 is 122 Å². The Balaban J connectivity index is 0.000000157. The van der Waals surface area contributed by atoms with Crippen LogP contribution in [0.4, 0.5) is 11.6 Å². The molecule has 4 aromatic carbocycles. The van der Waals surface area contributed by atoms with Crippen LogP contribution in [0.15, 0.2) is 102 Å². The number of fused-ring (bicyclic) bond motifs is 6. The van der Waals surface area contributed by atoms with Crippen LogP contribution in [0.3, 0.4) is 0 Å². The lowest BCUT2D eigenvalue weighted by molar-refractivity contribution is -0.164. The number of carboxylic acids is 3. The number of carbonyl (C=O) groups excluding carboxylic acids is 3. The summed E-state index contributed by atoms with van der Waals surface area (Å²) in [5.41, 5.74) is 21.1. The van der Waals surface area contributed by atoms with E-state index in [2.05, 4.69) is 98.4 Å². The van der Waals surface area contributed by atoms with Crippen LogP contribution in [0.5, 0.6) is 46.0 Å². The van der Waals surface area contributed by atoms with E-state index < -0.39 is 35.8 Å². The number of thiocarbonyl (C=S) groups is 2. The number of alkyl halides is 1. The number of carboxylic acid groups (broad SMARTS) is 3. The van der Waals surface area contributed by atoms with Crippen molar-refractivity contribution in [3.63, 3.8) is 0 Å². The number of aromatic nitrogens is 8. The number of H-pyrrole nitrogens is 1. The second-order valence-corrected chi connectivity index (χ2v) is 31.3. The maximum absolute atomic E-state index is 12.0. The number of nitrogens with one attached hydrogen (secondary N) is 4. The number of carbonyl (C=O) groups is 6. The van der Waals surface area contributed by atoms with Gasteiger partial charge in [-0.3, -0.25) is 54.0 Å². The van der Waals surface area contributed by atoms with Crippen LogP contribution in [0.2, 0.25) is 0 Å². The van der Waals surface area contributed by atoms with Crippen molar-refractivity contribution in [2.24, 2.45) is 31.4 Å². The number of anilines is 2. The van der Waals surface area contributed by atoms with E-state index in [4.69, 9.17) is 99.6 Å². The Labute approximate surface area is 720 Å². The van der Waals surface area contributed by atoms with Crippen molar-refractivity contribution in [3.8, 4) is 46.0 Å². The highest BCUT2D eigenvalue weighted by molar-refractivity contribution is 9.09. The molecule has 642 valence electrons. The molecule has 13 N–H and O–H groups in total. The lowest BCUT2D eigenvalue weighted by Crippen LogP contribution is -2.46. The second kappa shape index (κ2) is 45.3. The third kappa shape index (κ3) is 28.0. The molecule has 40 heteroatoms. The Morgan fingerprint density at radius 2 is 1.06 bits per heavy atom. The van der Waals surface area contributed by atoms with Crippen molar-refractivity contribution in [2.75, 3.05) is 89.3 Å². The molecule has 35 nitrogen and oxygen atoms in total. The Kier molecular flexibility index (Phi) is 34.4. The van der Waals surface area contributed by atoms with Gasteiger partial charge in [0, 0.05) is 120 Å². The summed E-state index contributed by atoms with van der Waals surface area (Å²) in [5, 5.41) is 46.4. The van der Waals surface area contributed by atoms with Gasteiger partial charge in [0.15, 0.2) is 67.2 Å². The van der Waals surface area contributed by atoms with Gasteiger partial charge in [0.25, 0.3) is 0 Å². The van der Waals surface area contributed by atoms with E-state index in [0.29, 0.717) is 80.8 Å². The van der Waals surface area contributed by atoms with Gasteiger partial charge < -0.3 is 84.8 Å². The molecular weight excluding hydrogens is 1700 g/mol. The van der Waals surface area contributed by atoms with E-state index in [9.17, 15) is 33.9 Å². The third-order valence-electron chi connectivity index (χ3n) is 19.3. The number of hydrogen-bond donors (Lipinski definition) is 10. The topological polar surface area (TPSA) is 466 Å². The number of pyridine rings is 2. The largest absolute Gasteiger partial charge is 0.481 e. The summed E-state index contributed by atoms with van der Waals surface area (Å²) < 4.78 is 55.7. The van der Waals surface area contributed by atoms with E-state index >= 15 is 0 Å². The number of ether oxygens (including phenoxy) is 10. The van der Waals surface area contributed by atoms with Crippen LogP contribution >= 0.6 is 64.3 Å². The molecule has 12 heterocycles. The first kappa shape index (κ1) is 91.1. The molecule has 2 fully saturated rings. The molecule has 120 heavy (non-hydrogen) atoms. The van der Waals surface area contributed by atoms with Crippen LogP contribution in [-0.4, -0.2) is 189 Å². The molecule has 3 unspecified atom stereocenters. The number of aromatic amines is 1. The standard InChI is InChI=1S/C24H27N5O4S.C14H17N3O5S.C14H15N3O4S.C12H10O5.C10H13BrN2.C4H8O.C2H7N3S/c1-29-24(34-10-8-18-6-4-15-3-2-9-25-23(15)26-18)27-21(28-29)12-17(13-22(30)31)16-5-7-19-20(11-16)33-14-32-19;1-17(14(15)23)16-12(18)5-9(6-13(19)20)8-2-3-10-11(4-8)22-7-21-10;1-17-14(22)15-12(16-17)5-9(6-13(18)19)8-2-3-10-11(4-8)21-7-20-10;13-11-4-8(5-12(14)17-11)7-1-2-9-10(3-7)16-6-15-9;11-6-5-9-4-3-8-2-1-7-12-10(8)13-9;1-2-4-5-3-1;1-5(4)2(3)6/h4-7,11,17H,2-3,8-10,12-14H2,1H3,(H,25,26)(H,30,31);2-4,9H,5-7H2,1H3,(H2,15,23)(H,16,18)(H,19,20);2-4,9H,5-7H2,1H3,(H,18,19)(H,15,16,22);1-3,8H,4-6H2;3-4H,1-2,5-7H2,(H,12,13);1-4H2;4H2,1H3,(H2,3,6). The summed E-state index contributed by atoms with van der Waals surface area (Å²) >= 11 is 19.2. The molecule has 16 rings (SSSR count). The maximum Gasteiger partial charge on any atom is 0.314 e. The lowest BCUT2D eigenvalue weighted by Gasteiger charge is -2.20. The summed E-state index contributed by atoms with van der Waals surface area (Å²) in [5.74, 6) is 9.20. The third-order valence-corrected chi connectivity index (χ3v) is 21.7. The minimum absolute atomic E-state index is 0.00315. The predicted octanol–water partition coefficient (Wildman–Crippen LogP) is 9.58. The van der Waals surface area contributed by atoms with Gasteiger partial charge in [0.05, 0.1) is 32.1 Å². The van der Waals surface area contributed by atoms with Crippen LogP contribution < -0.4 is 71.3 Å². The number of halogens is 1. The number of cyclic esters (lactones) is 2. The van der Waals surface area contributed by atoms with Crippen molar-refractivity contribution in [1.29, 1.82) is 0 Å². The first-order valence-electron chi connectivity index (χ1n) is 38.5. The summed E-state index contributed by atoms with van der Waals surface area (Å²) in [6, 6.07) is 30.3. The highest BCUT2D eigenvalue weighted by Crippen LogP contribution is 2.41. The number of thioether (sulfide) groups is 1. The molecule has 0 aliphatic carbocycles. The Morgan fingerprint density at radius 1 is 0.600 bits per heavy atom. The van der Waals surface area contributed by atoms with Gasteiger partial charge in [-0.25, -0.2) is 30.5 Å². The smallest absolute Gasteiger partial charge is 0.314 e. The predicted molar refractivity (Wildman–Crippen MR) is 455 cm³/mol. The minimum atomic E-state index is -0.997. The van der Waals surface area contributed by atoms with E-state index in [1.165, 1.54) is 59.6 Å². The van der Waals surface area contributed by atoms with E-state index in [0.717, 1.165) is 102 Å².